The van der Waals surface area contributed by atoms with Crippen molar-refractivity contribution in [3.63, 3.8) is 0 Å². The highest BCUT2D eigenvalue weighted by molar-refractivity contribution is 8.12. The molecule has 90 heavy (non-hydrogen) atoms. The molecule has 0 aromatic carbocycles. The summed E-state index contributed by atoms with van der Waals surface area (Å²) in [5, 5.41) is 10.9. The third-order valence-electron chi connectivity index (χ3n) is 7.11. The molecule has 0 saturated heterocycles. The van der Waals surface area contributed by atoms with Crippen LogP contribution >= 0.6 is 23.7 Å². The highest BCUT2D eigenvalue weighted by atomic mass is 32.2. The first-order valence-corrected chi connectivity index (χ1v) is 39.3. The molecule has 0 spiro atoms. The lowest BCUT2D eigenvalue weighted by atomic mass is 10.3. The molecule has 7 aliphatic heterocycles. The first-order valence-electron chi connectivity index (χ1n) is 37.3. The van der Waals surface area contributed by atoms with Gasteiger partial charge >= 0.3 is 0 Å². The minimum Gasteiger partial charge on any atom is -0.483 e. The number of ether oxygens (including phenoxy) is 2. The van der Waals surface area contributed by atoms with Crippen LogP contribution in [-0.4, -0.2) is 114 Å². The molecule has 2 aliphatic carbocycles. The predicted octanol–water partition coefficient (Wildman–Crippen LogP) is 25.4. The molecule has 0 bridgehead atoms. The van der Waals surface area contributed by atoms with Crippen LogP contribution in [-0.2, 0) is 14.3 Å². The molecule has 556 valence electrons. The second-order valence-electron chi connectivity index (χ2n) is 12.0. The van der Waals surface area contributed by atoms with Crippen molar-refractivity contribution in [2.45, 2.75) is 339 Å². The third kappa shape index (κ3) is 214. The number of aliphatic imine (C=N–C) groups is 3. The molecule has 9 aliphatic rings. The smallest absolute Gasteiger partial charge is 0.192 e. The SMILES string of the molecule is C1=NCCCO1.C1=NCCCS1.C1=NCCNN1.C1=NNCCC1.C1=NNCCO1.C1=NOCCC1.C1=NSCCC1.C=C1C=CCC1.C=C1CCCC1.CC.CC.CC.CC.CC.CC.CC.CC.CC.CC.CC.CC.CC.CC.CC.CC.CC.CC. The lowest BCUT2D eigenvalue weighted by Gasteiger charge is -2.04. The van der Waals surface area contributed by atoms with Crippen LogP contribution in [0.25, 0.3) is 0 Å². The summed E-state index contributed by atoms with van der Waals surface area (Å²) < 4.78 is 13.5. The zero-order chi connectivity index (χ0) is 74.5. The van der Waals surface area contributed by atoms with Crippen LogP contribution in [0.2, 0.25) is 0 Å². The largest absolute Gasteiger partial charge is 0.483 e. The molecule has 9 rings (SSSR count). The lowest BCUT2D eigenvalue weighted by molar-refractivity contribution is 0.134. The second kappa shape index (κ2) is 222. The Morgan fingerprint density at radius 1 is 0.411 bits per heavy atom. The summed E-state index contributed by atoms with van der Waals surface area (Å²) in [6.45, 7) is 87.7. The number of rotatable bonds is 0. The van der Waals surface area contributed by atoms with Crippen LogP contribution in [0, 0.1) is 0 Å². The molecule has 0 aromatic rings. The summed E-state index contributed by atoms with van der Waals surface area (Å²) in [5.41, 5.74) is 15.9. The van der Waals surface area contributed by atoms with E-state index in [1.54, 1.807) is 36.3 Å². The molecule has 0 radical (unpaired) electrons. The molecule has 1 saturated carbocycles. The van der Waals surface area contributed by atoms with E-state index in [2.05, 4.69) is 86.6 Å². The average Bonchev–Trinajstić information content (AvgIpc) is 4.44. The standard InChI is InChI=1S/C6H10.C6H8.C4H8N2.2C4H7NO.2C4H7NS.C3H7N3.C3H6N2O.18C2H6/c2*1-6-4-2-3-5-6;1-2-4-6-5-3-1;1-2-5-4-6-3-1;1-2-4-6-5-3-1;1-2-5-4-6-3-1;1-2-4-6-5-3-1;1-2-5-6-3-4-1;1-2-6-3-5-4-1;18*1-2/h1-5H2;2,4H,1,3,5H2;3,6H,1-2,4H2;4H,1-3H2;3H,1-2,4H2;4H,1-3H2;3H,1-2,4H2;3,5H,1-2H2,(H,4,6);3-4H,1-2H2;18*1-2H3. The van der Waals surface area contributed by atoms with Gasteiger partial charge in [-0.25, -0.2) is 9.82 Å². The Hall–Kier alpha value is -3.63. The summed E-state index contributed by atoms with van der Waals surface area (Å²) in [4.78, 5) is 16.4. The maximum Gasteiger partial charge on any atom is 0.192 e. The fraction of sp³-hybridized carbons (Fsp3) is 0.824. The number of hydrazone groups is 2. The van der Waals surface area contributed by atoms with E-state index in [1.165, 1.54) is 99.7 Å². The quantitative estimate of drug-likeness (QED) is 0.137. The molecule has 0 atom stereocenters. The fourth-order valence-electron chi connectivity index (χ4n) is 4.18. The van der Waals surface area contributed by atoms with Crippen LogP contribution in [0.4, 0.5) is 0 Å². The fourth-order valence-corrected chi connectivity index (χ4v) is 5.40. The molecular weight excluding hydrogens is 1160 g/mol. The number of nitrogens with one attached hydrogen (secondary N) is 4. The van der Waals surface area contributed by atoms with Crippen molar-refractivity contribution in [1.82, 2.24) is 21.7 Å². The van der Waals surface area contributed by atoms with Crippen molar-refractivity contribution in [2.24, 2.45) is 34.7 Å². The molecule has 4 N–H and O–H groups in total. The molecule has 0 aromatic heterocycles. The lowest BCUT2D eigenvalue weighted by Crippen LogP contribution is -2.36. The van der Waals surface area contributed by atoms with Gasteiger partial charge in [-0.15, -0.1) is 16.9 Å². The molecule has 0 unspecified atom stereocenters. The summed E-state index contributed by atoms with van der Waals surface area (Å²) in [6.07, 6.45) is 31.7. The number of nitrogens with zero attached hydrogens (tertiary/aromatic N) is 7. The maximum absolute atomic E-state index is 4.78. The van der Waals surface area contributed by atoms with Gasteiger partial charge in [-0.3, -0.25) is 15.0 Å². The number of hydrazine groups is 1. The summed E-state index contributed by atoms with van der Waals surface area (Å²) in [6, 6.07) is 0. The van der Waals surface area contributed by atoms with E-state index in [0.717, 1.165) is 84.8 Å². The Morgan fingerprint density at radius 3 is 1.01 bits per heavy atom. The van der Waals surface area contributed by atoms with E-state index in [1.807, 2.05) is 267 Å². The normalized spacial score (nSPS) is 13.4. The topological polar surface area (TPSA) is 162 Å². The Balaban J connectivity index is -0.0000000381. The van der Waals surface area contributed by atoms with Crippen molar-refractivity contribution in [2.75, 3.05) is 70.6 Å². The van der Waals surface area contributed by atoms with Gasteiger partial charge in [-0.05, 0) is 95.4 Å². The highest BCUT2D eigenvalue weighted by Crippen LogP contribution is 2.21. The second-order valence-corrected chi connectivity index (χ2v) is 13.9. The number of hydrogen-bond donors (Lipinski definition) is 4. The van der Waals surface area contributed by atoms with Crippen LogP contribution in [0.15, 0.2) is 71.2 Å². The zero-order valence-electron chi connectivity index (χ0n) is 68.5. The van der Waals surface area contributed by atoms with Crippen LogP contribution < -0.4 is 21.7 Å². The van der Waals surface area contributed by atoms with Crippen LogP contribution in [0.3, 0.4) is 0 Å². The Labute approximate surface area is 580 Å². The van der Waals surface area contributed by atoms with Crippen LogP contribution in [0.5, 0.6) is 0 Å². The van der Waals surface area contributed by atoms with Crippen molar-refractivity contribution in [3.8, 4) is 0 Å². The number of oxime groups is 1. The van der Waals surface area contributed by atoms with E-state index in [4.69, 9.17) is 9.47 Å². The van der Waals surface area contributed by atoms with Gasteiger partial charge in [0.25, 0.3) is 0 Å². The van der Waals surface area contributed by atoms with Gasteiger partial charge in [-0.1, -0.05) is 291 Å². The van der Waals surface area contributed by atoms with E-state index < -0.39 is 0 Å². The zero-order valence-corrected chi connectivity index (χ0v) is 70.1. The van der Waals surface area contributed by atoms with Crippen molar-refractivity contribution < 1.29 is 14.3 Å². The monoisotopic (exact) mass is 1330 g/mol. The Morgan fingerprint density at radius 2 is 0.911 bits per heavy atom. The summed E-state index contributed by atoms with van der Waals surface area (Å²) >= 11 is 3.47. The Kier molecular flexibility index (Phi) is 332. The van der Waals surface area contributed by atoms with Gasteiger partial charge in [0.15, 0.2) is 12.8 Å². The molecule has 16 heteroatoms. The van der Waals surface area contributed by atoms with Gasteiger partial charge in [-0.2, -0.15) is 5.10 Å². The average molecular weight is 1330 g/mol. The van der Waals surface area contributed by atoms with Crippen molar-refractivity contribution in [3.05, 3.63) is 36.5 Å². The Bertz CT molecular complexity index is 904. The van der Waals surface area contributed by atoms with Gasteiger partial charge in [0.05, 0.1) is 31.6 Å². The minimum absolute atomic E-state index is 0.740. The first kappa shape index (κ1) is 135. The molecule has 1 fully saturated rings. The van der Waals surface area contributed by atoms with E-state index in [-0.39, 0.29) is 0 Å². The highest BCUT2D eigenvalue weighted by Gasteiger charge is 2.01. The number of thioether (sulfide) groups is 1. The van der Waals surface area contributed by atoms with Gasteiger partial charge in [0.2, 0.25) is 0 Å². The molecule has 7 heterocycles. The number of allylic oxidation sites excluding steroid dienone is 4. The van der Waals surface area contributed by atoms with Gasteiger partial charge in [0.1, 0.15) is 13.2 Å². The summed E-state index contributed by atoms with van der Waals surface area (Å²) in [5.74, 6) is 2.49. The van der Waals surface area contributed by atoms with Crippen LogP contribution in [0.1, 0.15) is 339 Å². The van der Waals surface area contributed by atoms with Gasteiger partial charge < -0.3 is 30.6 Å². The van der Waals surface area contributed by atoms with Gasteiger partial charge in [0, 0.05) is 62.7 Å². The van der Waals surface area contributed by atoms with Crippen molar-refractivity contribution >= 4 is 67.0 Å². The molecular formula is C74H175N11O3S2. The number of hydrogen-bond acceptors (Lipinski definition) is 16. The molecule has 0 amide bonds. The first-order chi connectivity index (χ1) is 44.8. The van der Waals surface area contributed by atoms with Crippen molar-refractivity contribution in [1.29, 1.82) is 0 Å². The minimum atomic E-state index is 0.740. The van der Waals surface area contributed by atoms with E-state index >= 15 is 0 Å². The van der Waals surface area contributed by atoms with E-state index in [9.17, 15) is 0 Å². The maximum atomic E-state index is 4.78. The molecule has 14 nitrogen and oxygen atoms in total. The third-order valence-corrected chi connectivity index (χ3v) is 8.70. The predicted molar refractivity (Wildman–Crippen MR) is 440 cm³/mol. The summed E-state index contributed by atoms with van der Waals surface area (Å²) in [7, 11) is 0. The van der Waals surface area contributed by atoms with E-state index in [0.29, 0.717) is 0 Å².